The number of likely N-dealkylation sites (N-methyl/N-ethyl adjacent to an activating group) is 1. The lowest BCUT2D eigenvalue weighted by Gasteiger charge is -2.17. The molecular weight excluding hydrogens is 382 g/mol. The molecule has 2 aromatic rings. The van der Waals surface area contributed by atoms with Crippen molar-refractivity contribution in [2.75, 3.05) is 44.1 Å². The van der Waals surface area contributed by atoms with Crippen LogP contribution in [0.4, 0.5) is 11.4 Å². The van der Waals surface area contributed by atoms with Crippen LogP contribution in [0.2, 0.25) is 0 Å². The standard InChI is InChI=1S/C23H29N3O4/c1-4-30-20-12-7-17(14-21(20)29-3)15-25(2)16-22(27)24-18-8-10-19(11-9-18)26-13-5-6-23(26)28/h7-12,14H,4-6,13,15-16H2,1-3H3,(H,24,27)/p+1. The quantitative estimate of drug-likeness (QED) is 0.660. The van der Waals surface area contributed by atoms with Crippen molar-refractivity contribution in [1.82, 2.24) is 0 Å². The number of carbonyl (C=O) groups excluding carboxylic acids is 2. The summed E-state index contributed by atoms with van der Waals surface area (Å²) in [5.74, 6) is 1.51. The highest BCUT2D eigenvalue weighted by molar-refractivity contribution is 5.96. The number of benzene rings is 2. The Morgan fingerprint density at radius 1 is 1.17 bits per heavy atom. The molecule has 0 aromatic heterocycles. The van der Waals surface area contributed by atoms with Crippen LogP contribution in [0, 0.1) is 0 Å². The van der Waals surface area contributed by atoms with Gasteiger partial charge in [-0.05, 0) is 55.8 Å². The fourth-order valence-electron chi connectivity index (χ4n) is 3.63. The third-order valence-electron chi connectivity index (χ3n) is 5.03. The number of carbonyl (C=O) groups is 2. The van der Waals surface area contributed by atoms with E-state index < -0.39 is 0 Å². The van der Waals surface area contributed by atoms with Gasteiger partial charge in [0.2, 0.25) is 5.91 Å². The predicted octanol–water partition coefficient (Wildman–Crippen LogP) is 1.87. The first-order valence-electron chi connectivity index (χ1n) is 10.3. The number of quaternary nitrogens is 1. The van der Waals surface area contributed by atoms with E-state index in [0.29, 0.717) is 31.9 Å². The van der Waals surface area contributed by atoms with Crippen LogP contribution in [0.15, 0.2) is 42.5 Å². The molecule has 1 saturated heterocycles. The van der Waals surface area contributed by atoms with Gasteiger partial charge in [0.1, 0.15) is 6.54 Å². The van der Waals surface area contributed by atoms with Gasteiger partial charge in [-0.2, -0.15) is 0 Å². The van der Waals surface area contributed by atoms with Gasteiger partial charge >= 0.3 is 0 Å². The van der Waals surface area contributed by atoms with Crippen LogP contribution in [0.25, 0.3) is 0 Å². The molecule has 7 nitrogen and oxygen atoms in total. The van der Waals surface area contributed by atoms with E-state index in [1.54, 1.807) is 12.0 Å². The maximum atomic E-state index is 12.4. The Balaban J connectivity index is 1.52. The maximum Gasteiger partial charge on any atom is 0.279 e. The molecule has 3 rings (SSSR count). The summed E-state index contributed by atoms with van der Waals surface area (Å²) in [6.07, 6.45) is 1.50. The molecule has 1 fully saturated rings. The summed E-state index contributed by atoms with van der Waals surface area (Å²) in [5.41, 5.74) is 2.67. The molecule has 1 aliphatic heterocycles. The van der Waals surface area contributed by atoms with Crippen molar-refractivity contribution >= 4 is 23.2 Å². The van der Waals surface area contributed by atoms with Gasteiger partial charge in [-0.1, -0.05) is 0 Å². The van der Waals surface area contributed by atoms with Gasteiger partial charge in [0, 0.05) is 29.9 Å². The fraction of sp³-hybridized carbons (Fsp3) is 0.391. The van der Waals surface area contributed by atoms with Crippen LogP contribution < -0.4 is 24.6 Å². The lowest BCUT2D eigenvalue weighted by atomic mass is 10.2. The average molecular weight is 413 g/mol. The van der Waals surface area contributed by atoms with E-state index in [2.05, 4.69) is 5.32 Å². The van der Waals surface area contributed by atoms with Crippen LogP contribution in [-0.4, -0.2) is 45.7 Å². The van der Waals surface area contributed by atoms with Crippen molar-refractivity contribution < 1.29 is 24.0 Å². The molecule has 0 radical (unpaired) electrons. The minimum Gasteiger partial charge on any atom is -0.493 e. The largest absolute Gasteiger partial charge is 0.493 e. The molecule has 1 unspecified atom stereocenters. The van der Waals surface area contributed by atoms with E-state index in [-0.39, 0.29) is 11.8 Å². The first-order valence-corrected chi connectivity index (χ1v) is 10.3. The van der Waals surface area contributed by atoms with Gasteiger partial charge in [-0.3, -0.25) is 9.59 Å². The van der Waals surface area contributed by atoms with Gasteiger partial charge in [0.15, 0.2) is 18.0 Å². The smallest absolute Gasteiger partial charge is 0.279 e. The van der Waals surface area contributed by atoms with E-state index in [0.717, 1.165) is 40.6 Å². The third-order valence-corrected chi connectivity index (χ3v) is 5.03. The molecule has 160 valence electrons. The van der Waals surface area contributed by atoms with Crippen LogP contribution in [0.5, 0.6) is 11.5 Å². The fourth-order valence-corrected chi connectivity index (χ4v) is 3.63. The van der Waals surface area contributed by atoms with Crippen molar-refractivity contribution in [1.29, 1.82) is 0 Å². The molecule has 0 spiro atoms. The number of nitrogens with one attached hydrogen (secondary N) is 2. The maximum absolute atomic E-state index is 12.4. The van der Waals surface area contributed by atoms with Crippen LogP contribution in [0.3, 0.4) is 0 Å². The summed E-state index contributed by atoms with van der Waals surface area (Å²) < 4.78 is 10.9. The van der Waals surface area contributed by atoms with E-state index >= 15 is 0 Å². The van der Waals surface area contributed by atoms with Gasteiger partial charge in [0.05, 0.1) is 20.8 Å². The van der Waals surface area contributed by atoms with E-state index in [1.807, 2.05) is 56.4 Å². The highest BCUT2D eigenvalue weighted by Gasteiger charge is 2.21. The SMILES string of the molecule is CCOc1ccc(C[NH+](C)CC(=O)Nc2ccc(N3CCCC3=O)cc2)cc1OC. The van der Waals surface area contributed by atoms with E-state index in [9.17, 15) is 9.59 Å². The first kappa shape index (κ1) is 21.6. The monoisotopic (exact) mass is 412 g/mol. The second kappa shape index (κ2) is 10.1. The molecular formula is C23H30N3O4+. The summed E-state index contributed by atoms with van der Waals surface area (Å²) in [6, 6.07) is 13.3. The minimum absolute atomic E-state index is 0.0598. The summed E-state index contributed by atoms with van der Waals surface area (Å²) >= 11 is 0. The van der Waals surface area contributed by atoms with Crippen LogP contribution >= 0.6 is 0 Å². The molecule has 0 aliphatic carbocycles. The molecule has 7 heteroatoms. The number of nitrogens with zero attached hydrogens (tertiary/aromatic N) is 1. The summed E-state index contributed by atoms with van der Waals surface area (Å²) in [6.45, 7) is 4.29. The summed E-state index contributed by atoms with van der Waals surface area (Å²) in [4.78, 5) is 27.1. The number of rotatable bonds is 9. The Bertz CT molecular complexity index is 883. The van der Waals surface area contributed by atoms with Gasteiger partial charge < -0.3 is 24.6 Å². The Hall–Kier alpha value is -3.06. The molecule has 2 N–H and O–H groups in total. The molecule has 0 saturated carbocycles. The Morgan fingerprint density at radius 2 is 1.93 bits per heavy atom. The second-order valence-electron chi connectivity index (χ2n) is 7.47. The van der Waals surface area contributed by atoms with Gasteiger partial charge in [-0.15, -0.1) is 0 Å². The Kier molecular flexibility index (Phi) is 7.30. The van der Waals surface area contributed by atoms with E-state index in [1.165, 1.54) is 0 Å². The van der Waals surface area contributed by atoms with Crippen molar-refractivity contribution in [2.24, 2.45) is 0 Å². The van der Waals surface area contributed by atoms with Gasteiger partial charge in [0.25, 0.3) is 5.91 Å². The summed E-state index contributed by atoms with van der Waals surface area (Å²) in [7, 11) is 3.60. The molecule has 1 heterocycles. The van der Waals surface area contributed by atoms with Crippen LogP contribution in [0.1, 0.15) is 25.3 Å². The zero-order chi connectivity index (χ0) is 21.5. The minimum atomic E-state index is -0.0598. The second-order valence-corrected chi connectivity index (χ2v) is 7.47. The van der Waals surface area contributed by atoms with Crippen molar-refractivity contribution in [3.63, 3.8) is 0 Å². The van der Waals surface area contributed by atoms with E-state index in [4.69, 9.17) is 9.47 Å². The van der Waals surface area contributed by atoms with Crippen molar-refractivity contribution in [3.8, 4) is 11.5 Å². The molecule has 0 bridgehead atoms. The predicted molar refractivity (Wildman–Crippen MR) is 116 cm³/mol. The highest BCUT2D eigenvalue weighted by Crippen LogP contribution is 2.27. The number of hydrogen-bond acceptors (Lipinski definition) is 4. The third kappa shape index (κ3) is 5.51. The Morgan fingerprint density at radius 3 is 2.57 bits per heavy atom. The number of amides is 2. The van der Waals surface area contributed by atoms with Crippen molar-refractivity contribution in [3.05, 3.63) is 48.0 Å². The Labute approximate surface area is 177 Å². The number of anilines is 2. The molecule has 1 atom stereocenters. The number of hydrogen-bond donors (Lipinski definition) is 2. The molecule has 1 aliphatic rings. The first-order chi connectivity index (χ1) is 14.5. The zero-order valence-corrected chi connectivity index (χ0v) is 17.9. The zero-order valence-electron chi connectivity index (χ0n) is 17.9. The number of methoxy groups -OCH3 is 1. The van der Waals surface area contributed by atoms with Gasteiger partial charge in [-0.25, -0.2) is 0 Å². The summed E-state index contributed by atoms with van der Waals surface area (Å²) in [5, 5.41) is 2.93. The normalized spacial score (nSPS) is 14.5. The molecule has 2 aromatic carbocycles. The topological polar surface area (TPSA) is 72.3 Å². The lowest BCUT2D eigenvalue weighted by molar-refractivity contribution is -0.885. The highest BCUT2D eigenvalue weighted by atomic mass is 16.5. The molecule has 2 amide bonds. The molecule has 30 heavy (non-hydrogen) atoms. The lowest BCUT2D eigenvalue weighted by Crippen LogP contribution is -3.08. The van der Waals surface area contributed by atoms with Crippen molar-refractivity contribution in [2.45, 2.75) is 26.3 Å². The van der Waals surface area contributed by atoms with Crippen LogP contribution in [-0.2, 0) is 16.1 Å². The number of ether oxygens (including phenoxy) is 2. The average Bonchev–Trinajstić information content (AvgIpc) is 3.15.